The van der Waals surface area contributed by atoms with Gasteiger partial charge in [-0.15, -0.1) is 0 Å². The number of carbonyl (C=O) groups is 1. The number of unbranched alkanes of at least 4 members (excludes halogenated alkanes) is 15. The summed E-state index contributed by atoms with van der Waals surface area (Å²) in [4.78, 5) is 9.47. The monoisotopic (exact) mass is 340 g/mol. The van der Waals surface area contributed by atoms with E-state index < -0.39 is 5.91 Å². The minimum atomic E-state index is -0.481. The second-order valence-corrected chi connectivity index (χ2v) is 6.70. The molecule has 0 heterocycles. The van der Waals surface area contributed by atoms with E-state index in [2.05, 4.69) is 19.2 Å². The molecule has 0 atom stereocenters. The highest BCUT2D eigenvalue weighted by Crippen LogP contribution is 2.13. The van der Waals surface area contributed by atoms with E-state index in [1.807, 2.05) is 0 Å². The summed E-state index contributed by atoms with van der Waals surface area (Å²) in [6, 6.07) is 0. The van der Waals surface area contributed by atoms with Gasteiger partial charge in [0, 0.05) is 0 Å². The van der Waals surface area contributed by atoms with Crippen LogP contribution in [0.1, 0.15) is 110 Å². The van der Waals surface area contributed by atoms with Gasteiger partial charge in [0.1, 0.15) is 0 Å². The molecule has 4 N–H and O–H groups in total. The van der Waals surface area contributed by atoms with Crippen molar-refractivity contribution in [2.24, 2.45) is 11.5 Å². The zero-order valence-corrected chi connectivity index (χ0v) is 16.4. The van der Waals surface area contributed by atoms with Crippen molar-refractivity contribution in [2.45, 2.75) is 110 Å². The summed E-state index contributed by atoms with van der Waals surface area (Å²) in [5.74, 6) is -0.481. The second kappa shape index (κ2) is 24.4. The number of amides is 1. The van der Waals surface area contributed by atoms with E-state index >= 15 is 0 Å². The molecule has 1 amide bonds. The van der Waals surface area contributed by atoms with E-state index in [0.29, 0.717) is 0 Å². The third-order valence-corrected chi connectivity index (χ3v) is 4.26. The number of hydrogen-bond donors (Lipinski definition) is 2. The van der Waals surface area contributed by atoms with Gasteiger partial charge in [0.05, 0.1) is 0 Å². The number of primary amides is 1. The first-order valence-electron chi connectivity index (χ1n) is 10.3. The molecule has 3 nitrogen and oxygen atoms in total. The van der Waals surface area contributed by atoms with Crippen molar-refractivity contribution >= 4 is 5.91 Å². The number of hydrogen-bond acceptors (Lipinski definition) is 2. The van der Waals surface area contributed by atoms with Crippen LogP contribution < -0.4 is 11.5 Å². The molecule has 0 aliphatic carbocycles. The summed E-state index contributed by atoms with van der Waals surface area (Å²) >= 11 is 0. The van der Waals surface area contributed by atoms with E-state index in [4.69, 9.17) is 5.73 Å². The van der Waals surface area contributed by atoms with Gasteiger partial charge in [0.2, 0.25) is 5.91 Å². The van der Waals surface area contributed by atoms with Crippen LogP contribution in [0, 0.1) is 0 Å². The molecule has 0 aromatic carbocycles. The first kappa shape index (κ1) is 25.4. The second-order valence-electron chi connectivity index (χ2n) is 6.70. The fraction of sp³-hybridized carbons (Fsp3) is 0.857. The molecule has 0 fully saturated rings. The Hall–Kier alpha value is -0.830. The topological polar surface area (TPSA) is 69.1 Å². The van der Waals surface area contributed by atoms with Gasteiger partial charge in [-0.1, -0.05) is 110 Å². The van der Waals surface area contributed by atoms with E-state index in [1.54, 1.807) is 0 Å². The van der Waals surface area contributed by atoms with Crippen molar-refractivity contribution in [3.05, 3.63) is 12.7 Å². The smallest absolute Gasteiger partial charge is 0.240 e. The zero-order chi connectivity index (χ0) is 18.3. The molecule has 24 heavy (non-hydrogen) atoms. The highest BCUT2D eigenvalue weighted by molar-refractivity contribution is 5.84. The van der Waals surface area contributed by atoms with Crippen LogP contribution in [-0.2, 0) is 4.79 Å². The van der Waals surface area contributed by atoms with Crippen LogP contribution in [-0.4, -0.2) is 12.5 Å². The molecule has 0 aromatic heterocycles. The van der Waals surface area contributed by atoms with Crippen molar-refractivity contribution < 1.29 is 4.79 Å². The van der Waals surface area contributed by atoms with Gasteiger partial charge in [-0.05, 0) is 19.0 Å². The minimum absolute atomic E-state index is 0.481. The van der Waals surface area contributed by atoms with Crippen LogP contribution >= 0.6 is 0 Å². The normalized spacial score (nSPS) is 10.1. The van der Waals surface area contributed by atoms with Gasteiger partial charge in [-0.2, -0.15) is 0 Å². The predicted octanol–water partition coefficient (Wildman–Crippen LogP) is 5.86. The summed E-state index contributed by atoms with van der Waals surface area (Å²) in [6.45, 7) is 6.25. The quantitative estimate of drug-likeness (QED) is 0.257. The molecule has 0 saturated carbocycles. The Labute approximate surface area is 151 Å². The van der Waals surface area contributed by atoms with E-state index in [9.17, 15) is 4.79 Å². The molecule has 0 aliphatic rings. The van der Waals surface area contributed by atoms with Crippen molar-refractivity contribution in [3.8, 4) is 0 Å². The van der Waals surface area contributed by atoms with Crippen LogP contribution in [0.25, 0.3) is 0 Å². The Balaban J connectivity index is 0. The molecule has 0 spiro atoms. The van der Waals surface area contributed by atoms with Gasteiger partial charge >= 0.3 is 0 Å². The lowest BCUT2D eigenvalue weighted by atomic mass is 10.0. The van der Waals surface area contributed by atoms with Gasteiger partial charge in [-0.25, -0.2) is 0 Å². The molecule has 0 bridgehead atoms. The number of rotatable bonds is 17. The van der Waals surface area contributed by atoms with E-state index in [-0.39, 0.29) is 0 Å². The predicted molar refractivity (Wildman–Crippen MR) is 108 cm³/mol. The average molecular weight is 341 g/mol. The Morgan fingerprint density at radius 1 is 0.708 bits per heavy atom. The minimum Gasteiger partial charge on any atom is -0.366 e. The van der Waals surface area contributed by atoms with Crippen LogP contribution in [0.15, 0.2) is 12.7 Å². The third kappa shape index (κ3) is 29.2. The van der Waals surface area contributed by atoms with E-state index in [1.165, 1.54) is 103 Å². The standard InChI is InChI=1S/C18H39N.C3H5NO/c1-2-3-4-5-6-7-8-9-10-11-12-13-14-15-16-17-18-19;1-2-3(4)5/h2-19H2,1H3;2H,1H2,(H2,4,5). The summed E-state index contributed by atoms with van der Waals surface area (Å²) in [5.41, 5.74) is 10.0. The maximum Gasteiger partial charge on any atom is 0.240 e. The van der Waals surface area contributed by atoms with Gasteiger partial charge in [-0.3, -0.25) is 4.79 Å². The molecule has 0 unspecified atom stereocenters. The van der Waals surface area contributed by atoms with Crippen molar-refractivity contribution in [3.63, 3.8) is 0 Å². The van der Waals surface area contributed by atoms with Crippen LogP contribution in [0.3, 0.4) is 0 Å². The highest BCUT2D eigenvalue weighted by atomic mass is 16.1. The van der Waals surface area contributed by atoms with Crippen LogP contribution in [0.2, 0.25) is 0 Å². The van der Waals surface area contributed by atoms with E-state index in [0.717, 1.165) is 12.6 Å². The first-order chi connectivity index (χ1) is 11.7. The molecule has 0 rings (SSSR count). The van der Waals surface area contributed by atoms with Crippen molar-refractivity contribution in [1.29, 1.82) is 0 Å². The third-order valence-electron chi connectivity index (χ3n) is 4.26. The lowest BCUT2D eigenvalue weighted by molar-refractivity contribution is -0.113. The van der Waals surface area contributed by atoms with Crippen LogP contribution in [0.4, 0.5) is 0 Å². The SMILES string of the molecule is C=CC(N)=O.CCCCCCCCCCCCCCCCCCN. The molecular weight excluding hydrogens is 296 g/mol. The summed E-state index contributed by atoms with van der Waals surface area (Å²) in [5, 5.41) is 0. The molecular formula is C21H44N2O. The Morgan fingerprint density at radius 2 is 0.958 bits per heavy atom. The fourth-order valence-electron chi connectivity index (χ4n) is 2.69. The number of carbonyl (C=O) groups excluding carboxylic acids is 1. The van der Waals surface area contributed by atoms with Crippen molar-refractivity contribution in [2.75, 3.05) is 6.54 Å². The van der Waals surface area contributed by atoms with Gasteiger partial charge < -0.3 is 11.5 Å². The molecule has 0 saturated heterocycles. The van der Waals surface area contributed by atoms with Gasteiger partial charge in [0.25, 0.3) is 0 Å². The highest BCUT2D eigenvalue weighted by Gasteiger charge is 1.94. The fourth-order valence-corrected chi connectivity index (χ4v) is 2.69. The largest absolute Gasteiger partial charge is 0.366 e. The Kier molecular flexibility index (Phi) is 25.9. The Bertz CT molecular complexity index is 238. The summed E-state index contributed by atoms with van der Waals surface area (Å²) < 4.78 is 0. The molecule has 0 radical (unpaired) electrons. The average Bonchev–Trinajstić information content (AvgIpc) is 2.59. The maximum absolute atomic E-state index is 9.47. The molecule has 0 aromatic rings. The summed E-state index contributed by atoms with van der Waals surface area (Å²) in [6.07, 6.45) is 23.9. The molecule has 144 valence electrons. The Morgan fingerprint density at radius 3 is 1.17 bits per heavy atom. The lowest BCUT2D eigenvalue weighted by Crippen LogP contribution is -2.04. The summed E-state index contributed by atoms with van der Waals surface area (Å²) in [7, 11) is 0. The number of nitrogens with two attached hydrogens (primary N) is 2. The zero-order valence-electron chi connectivity index (χ0n) is 16.4. The van der Waals surface area contributed by atoms with Crippen molar-refractivity contribution in [1.82, 2.24) is 0 Å². The maximum atomic E-state index is 9.47. The first-order valence-corrected chi connectivity index (χ1v) is 10.3. The van der Waals surface area contributed by atoms with Crippen LogP contribution in [0.5, 0.6) is 0 Å². The molecule has 3 heteroatoms. The van der Waals surface area contributed by atoms with Gasteiger partial charge in [0.15, 0.2) is 0 Å². The lowest BCUT2D eigenvalue weighted by Gasteiger charge is -2.03. The molecule has 0 aliphatic heterocycles.